The number of amides is 1. The van der Waals surface area contributed by atoms with Crippen LogP contribution in [0.25, 0.3) is 16.0 Å². The number of hydrogen-bond donors (Lipinski definition) is 1. The van der Waals surface area contributed by atoms with Gasteiger partial charge in [0.1, 0.15) is 0 Å². The molecule has 7 nitrogen and oxygen atoms in total. The van der Waals surface area contributed by atoms with Crippen LogP contribution in [-0.4, -0.2) is 30.5 Å². The maximum absolute atomic E-state index is 12.4. The number of anilines is 1. The predicted octanol–water partition coefficient (Wildman–Crippen LogP) is 2.91. The summed E-state index contributed by atoms with van der Waals surface area (Å²) < 4.78 is 2.59. The second kappa shape index (κ2) is 5.34. The number of nitrogens with zero attached hydrogens (tertiary/aromatic N) is 5. The van der Waals surface area contributed by atoms with E-state index in [0.29, 0.717) is 10.9 Å². The standard InChI is InChI=1S/C16H14N6OS/c1-8-4-5-11-12(6-8)24-16(18-11)20-14(23)13-19-15-17-9(2)7-10(3)22(15)21-13/h4-7H,1-3H3,(H,18,20,23). The molecule has 120 valence electrons. The fourth-order valence-corrected chi connectivity index (χ4v) is 3.46. The summed E-state index contributed by atoms with van der Waals surface area (Å²) in [4.78, 5) is 25.3. The Morgan fingerprint density at radius 1 is 1.12 bits per heavy atom. The van der Waals surface area contributed by atoms with Crippen molar-refractivity contribution in [2.24, 2.45) is 0 Å². The molecule has 0 saturated carbocycles. The Morgan fingerprint density at radius 2 is 1.96 bits per heavy atom. The second-order valence-corrected chi connectivity index (χ2v) is 6.66. The van der Waals surface area contributed by atoms with Gasteiger partial charge in [-0.2, -0.15) is 4.98 Å². The van der Waals surface area contributed by atoms with Crippen molar-refractivity contribution in [2.75, 3.05) is 5.32 Å². The first kappa shape index (κ1) is 14.7. The Hall–Kier alpha value is -2.87. The maximum Gasteiger partial charge on any atom is 0.297 e. The minimum absolute atomic E-state index is 0.0756. The molecule has 0 spiro atoms. The van der Waals surface area contributed by atoms with Gasteiger partial charge in [-0.3, -0.25) is 10.1 Å². The largest absolute Gasteiger partial charge is 0.297 e. The molecule has 0 aliphatic carbocycles. The van der Waals surface area contributed by atoms with E-state index in [1.165, 1.54) is 11.3 Å². The van der Waals surface area contributed by atoms with E-state index in [2.05, 4.69) is 25.4 Å². The molecule has 1 aromatic carbocycles. The molecule has 0 saturated heterocycles. The van der Waals surface area contributed by atoms with Crippen molar-refractivity contribution < 1.29 is 4.79 Å². The number of hydrogen-bond acceptors (Lipinski definition) is 6. The Labute approximate surface area is 141 Å². The van der Waals surface area contributed by atoms with Gasteiger partial charge in [0.15, 0.2) is 5.13 Å². The molecule has 0 aliphatic rings. The highest BCUT2D eigenvalue weighted by Crippen LogP contribution is 2.26. The van der Waals surface area contributed by atoms with Crippen LogP contribution in [0, 0.1) is 20.8 Å². The van der Waals surface area contributed by atoms with Crippen molar-refractivity contribution >= 4 is 38.4 Å². The van der Waals surface area contributed by atoms with Crippen LogP contribution in [0.3, 0.4) is 0 Å². The molecule has 0 fully saturated rings. The quantitative estimate of drug-likeness (QED) is 0.607. The van der Waals surface area contributed by atoms with Gasteiger partial charge in [-0.05, 0) is 44.5 Å². The van der Waals surface area contributed by atoms with Gasteiger partial charge in [0.25, 0.3) is 11.7 Å². The first-order valence-electron chi connectivity index (χ1n) is 7.39. The van der Waals surface area contributed by atoms with Gasteiger partial charge < -0.3 is 0 Å². The van der Waals surface area contributed by atoms with Crippen molar-refractivity contribution in [1.29, 1.82) is 0 Å². The third-order valence-electron chi connectivity index (χ3n) is 3.59. The van der Waals surface area contributed by atoms with Crippen LogP contribution < -0.4 is 5.32 Å². The van der Waals surface area contributed by atoms with E-state index >= 15 is 0 Å². The zero-order valence-corrected chi connectivity index (χ0v) is 14.2. The zero-order chi connectivity index (χ0) is 16.8. The van der Waals surface area contributed by atoms with Crippen LogP contribution in [0.5, 0.6) is 0 Å². The highest BCUT2D eigenvalue weighted by atomic mass is 32.1. The fraction of sp³-hybridized carbons (Fsp3) is 0.188. The third kappa shape index (κ3) is 2.50. The average Bonchev–Trinajstić information content (AvgIpc) is 3.10. The lowest BCUT2D eigenvalue weighted by molar-refractivity contribution is 0.101. The van der Waals surface area contributed by atoms with Crippen LogP contribution >= 0.6 is 11.3 Å². The number of carbonyl (C=O) groups is 1. The van der Waals surface area contributed by atoms with E-state index in [9.17, 15) is 4.79 Å². The molecule has 24 heavy (non-hydrogen) atoms. The van der Waals surface area contributed by atoms with Crippen LogP contribution in [0.1, 0.15) is 27.6 Å². The summed E-state index contributed by atoms with van der Waals surface area (Å²) in [5, 5.41) is 7.52. The SMILES string of the molecule is Cc1ccc2nc(NC(=O)c3nc4nc(C)cc(C)n4n3)sc2c1. The average molecular weight is 338 g/mol. The van der Waals surface area contributed by atoms with Gasteiger partial charge in [-0.15, -0.1) is 5.10 Å². The lowest BCUT2D eigenvalue weighted by atomic mass is 10.2. The molecule has 0 aliphatic heterocycles. The lowest BCUT2D eigenvalue weighted by Crippen LogP contribution is -2.13. The Kier molecular flexibility index (Phi) is 3.27. The van der Waals surface area contributed by atoms with Crippen LogP contribution in [0.15, 0.2) is 24.3 Å². The summed E-state index contributed by atoms with van der Waals surface area (Å²) >= 11 is 1.43. The van der Waals surface area contributed by atoms with E-state index < -0.39 is 5.91 Å². The molecule has 1 amide bonds. The van der Waals surface area contributed by atoms with Gasteiger partial charge in [0, 0.05) is 11.4 Å². The summed E-state index contributed by atoms with van der Waals surface area (Å²) in [7, 11) is 0. The summed E-state index contributed by atoms with van der Waals surface area (Å²) in [5.74, 6) is 0.0949. The van der Waals surface area contributed by atoms with Gasteiger partial charge >= 0.3 is 0 Å². The number of nitrogens with one attached hydrogen (secondary N) is 1. The number of thiazole rings is 1. The van der Waals surface area contributed by atoms with Gasteiger partial charge in [-0.25, -0.2) is 14.5 Å². The monoisotopic (exact) mass is 338 g/mol. The molecule has 0 bridgehead atoms. The molecule has 3 heterocycles. The fourth-order valence-electron chi connectivity index (χ4n) is 2.50. The Balaban J connectivity index is 1.66. The molecular formula is C16H14N6OS. The van der Waals surface area contributed by atoms with Crippen molar-refractivity contribution in [3.8, 4) is 0 Å². The molecule has 4 rings (SSSR count). The van der Waals surface area contributed by atoms with E-state index in [4.69, 9.17) is 0 Å². The van der Waals surface area contributed by atoms with E-state index in [1.54, 1.807) is 4.52 Å². The molecule has 0 atom stereocenters. The highest BCUT2D eigenvalue weighted by Gasteiger charge is 2.16. The Morgan fingerprint density at radius 3 is 2.79 bits per heavy atom. The van der Waals surface area contributed by atoms with Crippen molar-refractivity contribution in [3.05, 3.63) is 47.0 Å². The summed E-state index contributed by atoms with van der Waals surface area (Å²) in [6.45, 7) is 5.80. The summed E-state index contributed by atoms with van der Waals surface area (Å²) in [6.07, 6.45) is 0. The van der Waals surface area contributed by atoms with Crippen molar-refractivity contribution in [3.63, 3.8) is 0 Å². The molecule has 0 unspecified atom stereocenters. The van der Waals surface area contributed by atoms with Gasteiger partial charge in [-0.1, -0.05) is 17.4 Å². The predicted molar refractivity (Wildman–Crippen MR) is 92.6 cm³/mol. The van der Waals surface area contributed by atoms with Crippen LogP contribution in [-0.2, 0) is 0 Å². The van der Waals surface area contributed by atoms with E-state index in [0.717, 1.165) is 27.2 Å². The number of aryl methyl sites for hydroxylation is 3. The number of carbonyl (C=O) groups excluding carboxylic acids is 1. The lowest BCUT2D eigenvalue weighted by Gasteiger charge is -1.97. The van der Waals surface area contributed by atoms with Gasteiger partial charge in [0.05, 0.1) is 10.2 Å². The zero-order valence-electron chi connectivity index (χ0n) is 13.4. The number of fused-ring (bicyclic) bond motifs is 2. The molecular weight excluding hydrogens is 324 g/mol. The normalized spacial score (nSPS) is 11.3. The topological polar surface area (TPSA) is 85.1 Å². The maximum atomic E-state index is 12.4. The molecule has 4 aromatic rings. The third-order valence-corrected chi connectivity index (χ3v) is 4.52. The van der Waals surface area contributed by atoms with E-state index in [-0.39, 0.29) is 5.82 Å². The van der Waals surface area contributed by atoms with E-state index in [1.807, 2.05) is 45.0 Å². The number of aromatic nitrogens is 5. The first-order valence-corrected chi connectivity index (χ1v) is 8.21. The summed E-state index contributed by atoms with van der Waals surface area (Å²) in [6, 6.07) is 7.87. The first-order chi connectivity index (χ1) is 11.5. The molecule has 8 heteroatoms. The summed E-state index contributed by atoms with van der Waals surface area (Å²) in [5.41, 5.74) is 3.72. The number of rotatable bonds is 2. The minimum Gasteiger partial charge on any atom is -0.295 e. The van der Waals surface area contributed by atoms with Crippen molar-refractivity contribution in [1.82, 2.24) is 24.6 Å². The number of benzene rings is 1. The van der Waals surface area contributed by atoms with Crippen LogP contribution in [0.4, 0.5) is 5.13 Å². The minimum atomic E-state index is -0.395. The molecule has 0 radical (unpaired) electrons. The van der Waals surface area contributed by atoms with Gasteiger partial charge in [0.2, 0.25) is 5.82 Å². The molecule has 1 N–H and O–H groups in total. The van der Waals surface area contributed by atoms with Crippen LogP contribution in [0.2, 0.25) is 0 Å². The van der Waals surface area contributed by atoms with Crippen molar-refractivity contribution in [2.45, 2.75) is 20.8 Å². The smallest absolute Gasteiger partial charge is 0.295 e. The Bertz CT molecular complexity index is 1100. The highest BCUT2D eigenvalue weighted by molar-refractivity contribution is 7.22. The second-order valence-electron chi connectivity index (χ2n) is 5.63. The molecule has 3 aromatic heterocycles.